The molecule has 7 rings (SSSR count). The molecule has 4 heterocycles. The molecule has 10 nitrogen and oxygen atoms in total. The lowest BCUT2D eigenvalue weighted by atomic mass is 9.98. The van der Waals surface area contributed by atoms with Gasteiger partial charge in [-0.25, -0.2) is 9.37 Å². The first-order valence-corrected chi connectivity index (χ1v) is 18.7. The quantitative estimate of drug-likeness (QED) is 0.0968. The molecule has 0 radical (unpaired) electrons. The summed E-state index contributed by atoms with van der Waals surface area (Å²) in [6.07, 6.45) is 4.19. The van der Waals surface area contributed by atoms with Gasteiger partial charge in [0.2, 0.25) is 11.8 Å². The largest absolute Gasteiger partial charge is 0.496 e. The van der Waals surface area contributed by atoms with Crippen molar-refractivity contribution < 1.29 is 23.5 Å². The summed E-state index contributed by atoms with van der Waals surface area (Å²) in [5.41, 5.74) is 5.09. The summed E-state index contributed by atoms with van der Waals surface area (Å²) in [6, 6.07) is 16.2. The first-order chi connectivity index (χ1) is 26.1. The fraction of sp³-hybridized carbons (Fsp3) is 0.300. The van der Waals surface area contributed by atoms with Crippen molar-refractivity contribution in [3.63, 3.8) is 0 Å². The number of aromatic nitrogens is 2. The Labute approximate surface area is 327 Å². The maximum atomic E-state index is 15.6. The first kappa shape index (κ1) is 37.8. The fourth-order valence-electron chi connectivity index (χ4n) is 7.11. The molecule has 2 amide bonds. The molecule has 2 aromatic heterocycles. The van der Waals surface area contributed by atoms with Crippen LogP contribution in [-0.4, -0.2) is 61.2 Å². The standard InChI is InChI=1S/C40H38Cl3FN6O4/c1-53-33-16-21(15-31(44)29(33)20-46-19-24-7-11-35(52)49-24)38-37(43)26(12-13-47-38)25-4-3-5-27(36(25)42)32-9-8-28-39(50-32)30(41)14-22(40(28)54-2)17-45-18-23-6-10-34(51)48-23/h3-5,8-9,12-16,23-24,45-46H,6-7,10-11,17-20H2,1-2H3,(H,48,51)(H,49,52)/t23-,24-/m0/s1. The lowest BCUT2D eigenvalue weighted by Crippen LogP contribution is -2.35. The third-order valence-electron chi connectivity index (χ3n) is 9.83. The molecule has 54 heavy (non-hydrogen) atoms. The Hall–Kier alpha value is -4.52. The van der Waals surface area contributed by atoms with Gasteiger partial charge in [-0.05, 0) is 49.2 Å². The second kappa shape index (κ2) is 16.5. The van der Waals surface area contributed by atoms with E-state index in [0.717, 1.165) is 23.8 Å². The molecule has 0 unspecified atom stereocenters. The Bertz CT molecular complexity index is 2260. The van der Waals surface area contributed by atoms with Gasteiger partial charge in [0.05, 0.1) is 46.2 Å². The molecule has 2 aliphatic heterocycles. The number of ether oxygens (including phenoxy) is 2. The highest BCUT2D eigenvalue weighted by Gasteiger charge is 2.24. The van der Waals surface area contributed by atoms with Crippen molar-refractivity contribution in [3.05, 3.63) is 92.8 Å². The summed E-state index contributed by atoms with van der Waals surface area (Å²) in [7, 11) is 3.10. The number of hydrogen-bond donors (Lipinski definition) is 4. The van der Waals surface area contributed by atoms with Gasteiger partial charge in [-0.15, -0.1) is 0 Å². The van der Waals surface area contributed by atoms with Crippen molar-refractivity contribution in [3.8, 4) is 45.1 Å². The van der Waals surface area contributed by atoms with Crippen molar-refractivity contribution in [1.29, 1.82) is 0 Å². The average Bonchev–Trinajstić information content (AvgIpc) is 3.79. The van der Waals surface area contributed by atoms with Crippen LogP contribution in [0.4, 0.5) is 4.39 Å². The lowest BCUT2D eigenvalue weighted by Gasteiger charge is -2.17. The van der Waals surface area contributed by atoms with Crippen molar-refractivity contribution in [2.45, 2.75) is 50.9 Å². The number of carbonyl (C=O) groups excluding carboxylic acids is 2. The summed E-state index contributed by atoms with van der Waals surface area (Å²) in [5.74, 6) is 0.626. The number of carbonyl (C=O) groups is 2. The fourth-order valence-corrected chi connectivity index (χ4v) is 8.04. The molecule has 4 N–H and O–H groups in total. The van der Waals surface area contributed by atoms with E-state index in [4.69, 9.17) is 49.3 Å². The summed E-state index contributed by atoms with van der Waals surface area (Å²) in [4.78, 5) is 32.5. The van der Waals surface area contributed by atoms with E-state index in [1.165, 1.54) is 13.2 Å². The summed E-state index contributed by atoms with van der Waals surface area (Å²) < 4.78 is 27.0. The highest BCUT2D eigenvalue weighted by atomic mass is 35.5. The number of benzene rings is 3. The molecule has 2 saturated heterocycles. The molecule has 3 aromatic carbocycles. The van der Waals surface area contributed by atoms with E-state index in [1.807, 2.05) is 36.4 Å². The number of nitrogens with one attached hydrogen (secondary N) is 4. The van der Waals surface area contributed by atoms with Gasteiger partial charge in [-0.3, -0.25) is 14.6 Å². The molecular formula is C40H38Cl3FN6O4. The van der Waals surface area contributed by atoms with Crippen LogP contribution in [0, 0.1) is 5.82 Å². The predicted octanol–water partition coefficient (Wildman–Crippen LogP) is 7.48. The minimum absolute atomic E-state index is 0.0151. The molecular weight excluding hydrogens is 754 g/mol. The van der Waals surface area contributed by atoms with Crippen LogP contribution in [-0.2, 0) is 22.7 Å². The lowest BCUT2D eigenvalue weighted by molar-refractivity contribution is -0.120. The van der Waals surface area contributed by atoms with Gasteiger partial charge in [-0.2, -0.15) is 0 Å². The molecule has 280 valence electrons. The Balaban J connectivity index is 1.15. The zero-order valence-corrected chi connectivity index (χ0v) is 31.9. The third kappa shape index (κ3) is 7.83. The van der Waals surface area contributed by atoms with Gasteiger partial charge in [0, 0.05) is 96.1 Å². The Morgan fingerprint density at radius 1 is 0.833 bits per heavy atom. The van der Waals surface area contributed by atoms with Crippen LogP contribution in [0.25, 0.3) is 44.5 Å². The number of methoxy groups -OCH3 is 2. The Morgan fingerprint density at radius 2 is 1.52 bits per heavy atom. The first-order valence-electron chi connectivity index (χ1n) is 17.6. The van der Waals surface area contributed by atoms with Crippen LogP contribution in [0.3, 0.4) is 0 Å². The highest BCUT2D eigenvalue weighted by molar-refractivity contribution is 6.39. The van der Waals surface area contributed by atoms with Gasteiger partial charge in [-0.1, -0.05) is 53.0 Å². The Kier molecular flexibility index (Phi) is 11.5. The van der Waals surface area contributed by atoms with E-state index in [0.29, 0.717) is 98.7 Å². The number of pyridine rings is 2. The molecule has 2 atom stereocenters. The average molecular weight is 792 g/mol. The molecule has 2 aliphatic rings. The van der Waals surface area contributed by atoms with E-state index in [1.54, 1.807) is 25.4 Å². The van der Waals surface area contributed by atoms with Crippen molar-refractivity contribution in [2.24, 2.45) is 0 Å². The second-order valence-corrected chi connectivity index (χ2v) is 14.5. The summed E-state index contributed by atoms with van der Waals surface area (Å²) in [6.45, 7) is 1.87. The van der Waals surface area contributed by atoms with Crippen LogP contribution >= 0.6 is 34.8 Å². The van der Waals surface area contributed by atoms with Crippen LogP contribution < -0.4 is 30.7 Å². The molecule has 0 bridgehead atoms. The minimum Gasteiger partial charge on any atom is -0.496 e. The van der Waals surface area contributed by atoms with Crippen molar-refractivity contribution in [1.82, 2.24) is 31.2 Å². The van der Waals surface area contributed by atoms with E-state index in [2.05, 4.69) is 26.3 Å². The SMILES string of the molecule is COc1cc(-c2nccc(-c3cccc(-c4ccc5c(OC)c(CNC[C@@H]6CCC(=O)N6)cc(Cl)c5n4)c3Cl)c2Cl)cc(F)c1CNC[C@@H]1CCC(=O)N1. The van der Waals surface area contributed by atoms with E-state index in [-0.39, 0.29) is 35.5 Å². The zero-order valence-electron chi connectivity index (χ0n) is 29.6. The van der Waals surface area contributed by atoms with Gasteiger partial charge in [0.1, 0.15) is 17.3 Å². The van der Waals surface area contributed by atoms with Crippen LogP contribution in [0.2, 0.25) is 15.1 Å². The third-order valence-corrected chi connectivity index (χ3v) is 10.9. The molecule has 14 heteroatoms. The topological polar surface area (TPSA) is 126 Å². The zero-order chi connectivity index (χ0) is 37.9. The maximum Gasteiger partial charge on any atom is 0.220 e. The smallest absolute Gasteiger partial charge is 0.220 e. The number of nitrogens with zero attached hydrogens (tertiary/aromatic N) is 2. The van der Waals surface area contributed by atoms with Gasteiger partial charge in [0.25, 0.3) is 0 Å². The summed E-state index contributed by atoms with van der Waals surface area (Å²) in [5, 5.41) is 14.4. The predicted molar refractivity (Wildman–Crippen MR) is 210 cm³/mol. The van der Waals surface area contributed by atoms with Crippen LogP contribution in [0.1, 0.15) is 36.8 Å². The molecule has 2 fully saturated rings. The molecule has 5 aromatic rings. The molecule has 0 spiro atoms. The number of halogens is 4. The monoisotopic (exact) mass is 790 g/mol. The number of hydrogen-bond acceptors (Lipinski definition) is 8. The second-order valence-electron chi connectivity index (χ2n) is 13.3. The van der Waals surface area contributed by atoms with E-state index >= 15 is 4.39 Å². The highest BCUT2D eigenvalue weighted by Crippen LogP contribution is 2.43. The van der Waals surface area contributed by atoms with Gasteiger partial charge < -0.3 is 30.7 Å². The van der Waals surface area contributed by atoms with Crippen LogP contribution in [0.15, 0.2) is 60.8 Å². The molecule has 0 aliphatic carbocycles. The Morgan fingerprint density at radius 3 is 2.19 bits per heavy atom. The number of fused-ring (bicyclic) bond motifs is 1. The normalized spacial score (nSPS) is 16.9. The molecule has 0 saturated carbocycles. The minimum atomic E-state index is -0.476. The van der Waals surface area contributed by atoms with Crippen LogP contribution in [0.5, 0.6) is 11.5 Å². The van der Waals surface area contributed by atoms with Gasteiger partial charge in [0.15, 0.2) is 0 Å². The van der Waals surface area contributed by atoms with E-state index < -0.39 is 5.82 Å². The maximum absolute atomic E-state index is 15.6. The number of rotatable bonds is 13. The van der Waals surface area contributed by atoms with Crippen molar-refractivity contribution in [2.75, 3.05) is 27.3 Å². The van der Waals surface area contributed by atoms with Gasteiger partial charge >= 0.3 is 0 Å². The van der Waals surface area contributed by atoms with Crippen molar-refractivity contribution >= 4 is 57.5 Å². The number of amides is 2. The van der Waals surface area contributed by atoms with E-state index in [9.17, 15) is 9.59 Å². The summed E-state index contributed by atoms with van der Waals surface area (Å²) >= 11 is 21.0.